The molecule has 0 saturated heterocycles. The number of carbonyl (C=O) groups is 3. The number of hydrogen-bond donors (Lipinski definition) is 4. The maximum absolute atomic E-state index is 12.9. The Bertz CT molecular complexity index is 1120. The van der Waals surface area contributed by atoms with Gasteiger partial charge in [0, 0.05) is 12.7 Å². The Morgan fingerprint density at radius 1 is 0.969 bits per heavy atom. The lowest BCUT2D eigenvalue weighted by Gasteiger charge is -2.19. The van der Waals surface area contributed by atoms with Gasteiger partial charge in [0.2, 0.25) is 0 Å². The highest BCUT2D eigenvalue weighted by Gasteiger charge is 2.21. The molecular weight excluding hydrogens is 412 g/mol. The third kappa shape index (κ3) is 5.45. The number of benzene rings is 2. The number of rotatable bonds is 8. The summed E-state index contributed by atoms with van der Waals surface area (Å²) in [5, 5.41) is 14.1. The number of amides is 2. The summed E-state index contributed by atoms with van der Waals surface area (Å²) < 4.78 is 0. The molecule has 0 radical (unpaired) electrons. The molecule has 1 atom stereocenters. The summed E-state index contributed by atoms with van der Waals surface area (Å²) in [4.78, 5) is 54.4. The molecule has 9 nitrogen and oxygen atoms in total. The van der Waals surface area contributed by atoms with Crippen molar-refractivity contribution in [3.05, 3.63) is 99.7 Å². The Labute approximate surface area is 183 Å². The quantitative estimate of drug-likeness (QED) is 0.426. The highest BCUT2D eigenvalue weighted by Crippen LogP contribution is 2.22. The van der Waals surface area contributed by atoms with E-state index in [1.54, 1.807) is 0 Å². The maximum Gasteiger partial charge on any atom is 0.308 e. The first-order valence-corrected chi connectivity index (χ1v) is 9.88. The Morgan fingerprint density at radius 3 is 2.03 bits per heavy atom. The van der Waals surface area contributed by atoms with Gasteiger partial charge in [-0.2, -0.15) is 0 Å². The molecule has 3 aromatic rings. The zero-order valence-electron chi connectivity index (χ0n) is 17.2. The van der Waals surface area contributed by atoms with Crippen LogP contribution in [0.15, 0.2) is 71.7 Å². The molecule has 1 aromatic heterocycles. The minimum absolute atomic E-state index is 0.129. The van der Waals surface area contributed by atoms with Gasteiger partial charge < -0.3 is 20.7 Å². The van der Waals surface area contributed by atoms with Gasteiger partial charge in [-0.25, -0.2) is 4.98 Å². The van der Waals surface area contributed by atoms with Crippen molar-refractivity contribution >= 4 is 17.8 Å². The fraction of sp³-hybridized carbons (Fsp3) is 0.174. The smallest absolute Gasteiger partial charge is 0.308 e. The van der Waals surface area contributed by atoms with Crippen LogP contribution in [-0.4, -0.2) is 39.4 Å². The molecule has 0 bridgehead atoms. The zero-order chi connectivity index (χ0) is 23.1. The summed E-state index contributed by atoms with van der Waals surface area (Å²) >= 11 is 0. The molecule has 0 aliphatic rings. The van der Waals surface area contributed by atoms with Crippen LogP contribution in [0.5, 0.6) is 0 Å². The molecule has 2 aromatic carbocycles. The van der Waals surface area contributed by atoms with E-state index in [1.165, 1.54) is 6.92 Å². The van der Waals surface area contributed by atoms with Crippen molar-refractivity contribution in [2.75, 3.05) is 6.54 Å². The summed E-state index contributed by atoms with van der Waals surface area (Å²) in [6.45, 7) is 1.30. The molecule has 4 N–H and O–H groups in total. The van der Waals surface area contributed by atoms with Crippen LogP contribution in [0.25, 0.3) is 0 Å². The molecule has 0 saturated carbocycles. The molecule has 3 rings (SSSR count). The Kier molecular flexibility index (Phi) is 7.12. The highest BCUT2D eigenvalue weighted by atomic mass is 16.4. The Morgan fingerprint density at radius 2 is 1.53 bits per heavy atom. The van der Waals surface area contributed by atoms with Gasteiger partial charge in [0.05, 0.1) is 12.0 Å². The van der Waals surface area contributed by atoms with E-state index in [-0.39, 0.29) is 17.9 Å². The van der Waals surface area contributed by atoms with E-state index in [1.807, 2.05) is 60.7 Å². The second kappa shape index (κ2) is 10.2. The maximum atomic E-state index is 12.9. The van der Waals surface area contributed by atoms with Crippen LogP contribution in [0.4, 0.5) is 0 Å². The first kappa shape index (κ1) is 22.4. The fourth-order valence-corrected chi connectivity index (χ4v) is 2.95. The minimum atomic E-state index is -1.06. The Hall–Kier alpha value is -4.27. The topological polar surface area (TPSA) is 141 Å². The van der Waals surface area contributed by atoms with Gasteiger partial charge in [0.25, 0.3) is 17.4 Å². The predicted octanol–water partition coefficient (Wildman–Crippen LogP) is 1.74. The SMILES string of the molecule is C[C@@H](CNC(=O)c1ncc(C(=O)NC(c2ccccc2)c2ccccc2)c(=O)[nH]1)C(=O)O. The predicted molar refractivity (Wildman–Crippen MR) is 116 cm³/mol. The summed E-state index contributed by atoms with van der Waals surface area (Å²) in [7, 11) is 0. The van der Waals surface area contributed by atoms with E-state index in [0.717, 1.165) is 17.3 Å². The van der Waals surface area contributed by atoms with Crippen molar-refractivity contribution in [2.45, 2.75) is 13.0 Å². The summed E-state index contributed by atoms with van der Waals surface area (Å²) in [5.74, 6) is -3.57. The molecule has 164 valence electrons. The first-order valence-electron chi connectivity index (χ1n) is 9.88. The van der Waals surface area contributed by atoms with Crippen LogP contribution in [0, 0.1) is 5.92 Å². The molecule has 9 heteroatoms. The number of H-pyrrole nitrogens is 1. The molecule has 0 spiro atoms. The molecule has 0 fully saturated rings. The lowest BCUT2D eigenvalue weighted by molar-refractivity contribution is -0.140. The van der Waals surface area contributed by atoms with Crippen LogP contribution < -0.4 is 16.2 Å². The average Bonchev–Trinajstić information content (AvgIpc) is 2.81. The number of hydrogen-bond acceptors (Lipinski definition) is 5. The van der Waals surface area contributed by atoms with E-state index >= 15 is 0 Å². The monoisotopic (exact) mass is 434 g/mol. The number of carboxylic acids is 1. The van der Waals surface area contributed by atoms with E-state index in [2.05, 4.69) is 20.6 Å². The number of carboxylic acid groups (broad SMARTS) is 1. The van der Waals surface area contributed by atoms with Crippen molar-refractivity contribution in [2.24, 2.45) is 5.92 Å². The van der Waals surface area contributed by atoms with E-state index in [0.29, 0.717) is 0 Å². The van der Waals surface area contributed by atoms with Gasteiger partial charge in [-0.15, -0.1) is 0 Å². The van der Waals surface area contributed by atoms with E-state index in [4.69, 9.17) is 5.11 Å². The van der Waals surface area contributed by atoms with Gasteiger partial charge in [-0.3, -0.25) is 19.2 Å². The minimum Gasteiger partial charge on any atom is -0.481 e. The van der Waals surface area contributed by atoms with Gasteiger partial charge in [-0.1, -0.05) is 67.6 Å². The molecule has 0 aliphatic heterocycles. The van der Waals surface area contributed by atoms with Crippen molar-refractivity contribution in [3.63, 3.8) is 0 Å². The second-order valence-electron chi connectivity index (χ2n) is 7.15. The number of aromatic nitrogens is 2. The number of aromatic amines is 1. The van der Waals surface area contributed by atoms with Crippen molar-refractivity contribution in [1.29, 1.82) is 0 Å². The van der Waals surface area contributed by atoms with Gasteiger partial charge in [-0.05, 0) is 11.1 Å². The third-order valence-corrected chi connectivity index (χ3v) is 4.79. The number of nitrogens with one attached hydrogen (secondary N) is 3. The van der Waals surface area contributed by atoms with Crippen molar-refractivity contribution in [3.8, 4) is 0 Å². The van der Waals surface area contributed by atoms with E-state index < -0.39 is 35.3 Å². The van der Waals surface area contributed by atoms with Crippen molar-refractivity contribution < 1.29 is 19.5 Å². The number of aliphatic carboxylic acids is 1. The second-order valence-corrected chi connectivity index (χ2v) is 7.15. The van der Waals surface area contributed by atoms with Gasteiger partial charge >= 0.3 is 5.97 Å². The molecule has 0 aliphatic carbocycles. The molecule has 0 unspecified atom stereocenters. The van der Waals surface area contributed by atoms with Crippen LogP contribution >= 0.6 is 0 Å². The lowest BCUT2D eigenvalue weighted by Crippen LogP contribution is -2.36. The zero-order valence-corrected chi connectivity index (χ0v) is 17.2. The molecule has 2 amide bonds. The molecule has 1 heterocycles. The Balaban J connectivity index is 1.78. The van der Waals surface area contributed by atoms with Gasteiger partial charge in [0.15, 0.2) is 5.82 Å². The largest absolute Gasteiger partial charge is 0.481 e. The summed E-state index contributed by atoms with van der Waals surface area (Å²) in [6.07, 6.45) is 1.02. The highest BCUT2D eigenvalue weighted by molar-refractivity contribution is 5.95. The molecular formula is C23H22N4O5. The van der Waals surface area contributed by atoms with Crippen LogP contribution in [0.3, 0.4) is 0 Å². The molecule has 32 heavy (non-hydrogen) atoms. The normalized spacial score (nSPS) is 11.6. The summed E-state index contributed by atoms with van der Waals surface area (Å²) in [5.41, 5.74) is 0.631. The van der Waals surface area contributed by atoms with Crippen LogP contribution in [0.2, 0.25) is 0 Å². The fourth-order valence-electron chi connectivity index (χ4n) is 2.95. The van der Waals surface area contributed by atoms with Crippen LogP contribution in [-0.2, 0) is 4.79 Å². The third-order valence-electron chi connectivity index (χ3n) is 4.79. The summed E-state index contributed by atoms with van der Waals surface area (Å²) in [6, 6.07) is 18.1. The van der Waals surface area contributed by atoms with E-state index in [9.17, 15) is 19.2 Å². The number of carbonyl (C=O) groups excluding carboxylic acids is 2. The number of nitrogens with zero attached hydrogens (tertiary/aromatic N) is 1. The van der Waals surface area contributed by atoms with Gasteiger partial charge in [0.1, 0.15) is 5.56 Å². The van der Waals surface area contributed by atoms with Crippen molar-refractivity contribution in [1.82, 2.24) is 20.6 Å². The van der Waals surface area contributed by atoms with Crippen LogP contribution in [0.1, 0.15) is 45.1 Å². The standard InChI is InChI=1S/C23H22N4O5/c1-14(23(31)32)12-25-22(30)19-24-13-17(21(29)27-19)20(28)26-18(15-8-4-2-5-9-15)16-10-6-3-7-11-16/h2-11,13-14,18H,12H2,1H3,(H,25,30)(H,26,28)(H,31,32)(H,24,27,29)/t14-/m0/s1. The lowest BCUT2D eigenvalue weighted by atomic mass is 9.98. The first-order chi connectivity index (χ1) is 15.4. The average molecular weight is 434 g/mol.